The smallest absolute Gasteiger partial charge is 0.136 e. The summed E-state index contributed by atoms with van der Waals surface area (Å²) in [5.41, 5.74) is 8.00. The third kappa shape index (κ3) is 1.97. The van der Waals surface area contributed by atoms with Crippen LogP contribution in [-0.4, -0.2) is 4.98 Å². The lowest BCUT2D eigenvalue weighted by Crippen LogP contribution is -1.84. The van der Waals surface area contributed by atoms with Crippen molar-refractivity contribution in [2.24, 2.45) is 0 Å². The molecule has 2 N–H and O–H groups in total. The Bertz CT molecular complexity index is 612. The summed E-state index contributed by atoms with van der Waals surface area (Å²) < 4.78 is 0. The number of nitrogens with two attached hydrogens (primary N) is 1. The van der Waals surface area contributed by atoms with E-state index in [1.807, 2.05) is 36.4 Å². The Morgan fingerprint density at radius 2 is 1.82 bits per heavy atom. The van der Waals surface area contributed by atoms with Crippen LogP contribution in [0.25, 0.3) is 21.1 Å². The van der Waals surface area contributed by atoms with Crippen LogP contribution < -0.4 is 5.73 Å². The Morgan fingerprint density at radius 3 is 2.53 bits per heavy atom. The monoisotopic (exact) mass is 258 g/mol. The molecule has 3 aromatic rings. The molecule has 0 saturated carbocycles. The van der Waals surface area contributed by atoms with E-state index in [9.17, 15) is 0 Å². The summed E-state index contributed by atoms with van der Waals surface area (Å²) >= 11 is 3.23. The lowest BCUT2D eigenvalue weighted by Gasteiger charge is -1.96. The molecule has 4 heteroatoms. The number of hydrogen-bond donors (Lipinski definition) is 1. The lowest BCUT2D eigenvalue weighted by atomic mass is 10.2. The molecule has 0 aliphatic heterocycles. The van der Waals surface area contributed by atoms with Gasteiger partial charge in [0.25, 0.3) is 0 Å². The van der Waals surface area contributed by atoms with Crippen LogP contribution in [-0.2, 0) is 0 Å². The quantitative estimate of drug-likeness (QED) is 0.751. The Morgan fingerprint density at radius 1 is 1.00 bits per heavy atom. The average Bonchev–Trinajstić information content (AvgIpc) is 2.99. The number of benzene rings is 1. The van der Waals surface area contributed by atoms with Crippen LogP contribution in [0.15, 0.2) is 47.8 Å². The van der Waals surface area contributed by atoms with Crippen molar-refractivity contribution in [3.8, 4) is 21.1 Å². The molecule has 0 saturated heterocycles. The van der Waals surface area contributed by atoms with Gasteiger partial charge in [-0.3, -0.25) is 0 Å². The summed E-state index contributed by atoms with van der Waals surface area (Å²) in [6.07, 6.45) is 0. The van der Waals surface area contributed by atoms with Crippen LogP contribution in [0.4, 0.5) is 5.00 Å². The van der Waals surface area contributed by atoms with Crippen molar-refractivity contribution in [3.05, 3.63) is 47.8 Å². The maximum absolute atomic E-state index is 6.04. The number of nitrogen functional groups attached to an aromatic ring is 1. The van der Waals surface area contributed by atoms with Gasteiger partial charge < -0.3 is 5.73 Å². The van der Waals surface area contributed by atoms with Gasteiger partial charge in [-0.15, -0.1) is 11.3 Å². The average molecular weight is 258 g/mol. The van der Waals surface area contributed by atoms with Gasteiger partial charge in [-0.2, -0.15) is 0 Å². The first-order valence-corrected chi connectivity index (χ1v) is 6.90. The Labute approximate surface area is 107 Å². The molecule has 0 unspecified atom stereocenters. The minimum absolute atomic E-state index is 0.777. The summed E-state index contributed by atoms with van der Waals surface area (Å²) in [7, 11) is 0. The van der Waals surface area contributed by atoms with E-state index in [2.05, 4.69) is 16.4 Å². The predicted molar refractivity (Wildman–Crippen MR) is 75.3 cm³/mol. The van der Waals surface area contributed by atoms with E-state index in [4.69, 9.17) is 5.73 Å². The van der Waals surface area contributed by atoms with Crippen LogP contribution in [0.3, 0.4) is 0 Å². The minimum atomic E-state index is 0.777. The van der Waals surface area contributed by atoms with Crippen molar-refractivity contribution in [2.45, 2.75) is 0 Å². The summed E-state index contributed by atoms with van der Waals surface area (Å²) in [5.74, 6) is 0. The van der Waals surface area contributed by atoms with Gasteiger partial charge in [0.05, 0.1) is 4.88 Å². The fourth-order valence-electron chi connectivity index (χ4n) is 1.64. The summed E-state index contributed by atoms with van der Waals surface area (Å²) in [6, 6.07) is 14.1. The van der Waals surface area contributed by atoms with Gasteiger partial charge in [0.2, 0.25) is 0 Å². The van der Waals surface area contributed by atoms with Crippen molar-refractivity contribution in [3.63, 3.8) is 0 Å². The third-order valence-corrected chi connectivity index (χ3v) is 4.36. The molecule has 0 atom stereocenters. The molecule has 17 heavy (non-hydrogen) atoms. The van der Waals surface area contributed by atoms with Crippen LogP contribution in [0, 0.1) is 0 Å². The Hall–Kier alpha value is -1.65. The zero-order valence-corrected chi connectivity index (χ0v) is 10.6. The molecule has 0 amide bonds. The van der Waals surface area contributed by atoms with E-state index in [-0.39, 0.29) is 0 Å². The van der Waals surface area contributed by atoms with E-state index in [1.54, 1.807) is 22.7 Å². The first kappa shape index (κ1) is 10.5. The van der Waals surface area contributed by atoms with Gasteiger partial charge in [-0.05, 0) is 11.4 Å². The molecule has 2 heterocycles. The molecule has 2 nitrogen and oxygen atoms in total. The number of thiazole rings is 1. The van der Waals surface area contributed by atoms with Crippen molar-refractivity contribution in [1.82, 2.24) is 4.98 Å². The predicted octanol–water partition coefficient (Wildman–Crippen LogP) is 4.12. The van der Waals surface area contributed by atoms with Gasteiger partial charge in [0.15, 0.2) is 0 Å². The fourth-order valence-corrected chi connectivity index (χ4v) is 3.29. The second kappa shape index (κ2) is 4.31. The van der Waals surface area contributed by atoms with Crippen molar-refractivity contribution in [2.75, 3.05) is 5.73 Å². The fraction of sp³-hybridized carbons (Fsp3) is 0. The molecule has 2 aromatic heterocycles. The molecule has 3 rings (SSSR count). The molecule has 0 bridgehead atoms. The summed E-state index contributed by atoms with van der Waals surface area (Å²) in [4.78, 5) is 5.80. The first-order valence-electron chi connectivity index (χ1n) is 5.20. The molecule has 84 valence electrons. The highest BCUT2D eigenvalue weighted by atomic mass is 32.1. The Kier molecular flexibility index (Phi) is 2.66. The van der Waals surface area contributed by atoms with E-state index in [0.717, 1.165) is 21.3 Å². The molecule has 1 aromatic carbocycles. The van der Waals surface area contributed by atoms with Crippen LogP contribution in [0.2, 0.25) is 0 Å². The highest BCUT2D eigenvalue weighted by molar-refractivity contribution is 7.23. The number of nitrogens with zero attached hydrogens (tertiary/aromatic N) is 1. The SMILES string of the molecule is Nc1sc(-c2cccs2)nc1-c1ccccc1. The zero-order valence-electron chi connectivity index (χ0n) is 8.96. The lowest BCUT2D eigenvalue weighted by molar-refractivity contribution is 1.41. The topological polar surface area (TPSA) is 38.9 Å². The zero-order chi connectivity index (χ0) is 11.7. The number of thiophene rings is 1. The highest BCUT2D eigenvalue weighted by Crippen LogP contribution is 2.37. The molecule has 0 aliphatic carbocycles. The second-order valence-corrected chi connectivity index (χ2v) is 5.55. The Balaban J connectivity index is 2.08. The standard InChI is InChI=1S/C13H10N2S2/c14-12-11(9-5-2-1-3-6-9)15-13(17-12)10-7-4-8-16-10/h1-8H,14H2. The third-order valence-electron chi connectivity index (χ3n) is 2.43. The van der Waals surface area contributed by atoms with Crippen LogP contribution >= 0.6 is 22.7 Å². The number of rotatable bonds is 2. The van der Waals surface area contributed by atoms with Gasteiger partial charge in [-0.25, -0.2) is 4.98 Å². The molecule has 0 aliphatic rings. The van der Waals surface area contributed by atoms with Gasteiger partial charge in [-0.1, -0.05) is 47.7 Å². The first-order chi connectivity index (χ1) is 8.34. The van der Waals surface area contributed by atoms with Gasteiger partial charge in [0, 0.05) is 5.56 Å². The summed E-state index contributed by atoms with van der Waals surface area (Å²) in [6.45, 7) is 0. The van der Waals surface area contributed by atoms with Gasteiger partial charge >= 0.3 is 0 Å². The summed E-state index contributed by atoms with van der Waals surface area (Å²) in [5, 5.41) is 3.82. The normalized spacial score (nSPS) is 10.6. The maximum atomic E-state index is 6.04. The van der Waals surface area contributed by atoms with Gasteiger partial charge in [0.1, 0.15) is 15.7 Å². The van der Waals surface area contributed by atoms with Crippen LogP contribution in [0.5, 0.6) is 0 Å². The van der Waals surface area contributed by atoms with Crippen molar-refractivity contribution in [1.29, 1.82) is 0 Å². The largest absolute Gasteiger partial charge is 0.389 e. The van der Waals surface area contributed by atoms with E-state index >= 15 is 0 Å². The van der Waals surface area contributed by atoms with Crippen molar-refractivity contribution >= 4 is 27.7 Å². The highest BCUT2D eigenvalue weighted by Gasteiger charge is 2.11. The molecular weight excluding hydrogens is 248 g/mol. The van der Waals surface area contributed by atoms with E-state index in [0.29, 0.717) is 0 Å². The molecule has 0 spiro atoms. The molecular formula is C13H10N2S2. The maximum Gasteiger partial charge on any atom is 0.136 e. The second-order valence-electron chi connectivity index (χ2n) is 3.58. The van der Waals surface area contributed by atoms with E-state index < -0.39 is 0 Å². The molecule has 0 fully saturated rings. The number of anilines is 1. The van der Waals surface area contributed by atoms with E-state index in [1.165, 1.54) is 4.88 Å². The van der Waals surface area contributed by atoms with Crippen LogP contribution in [0.1, 0.15) is 0 Å². The molecule has 0 radical (unpaired) electrons. The number of aromatic nitrogens is 1. The van der Waals surface area contributed by atoms with Crippen molar-refractivity contribution < 1.29 is 0 Å². The minimum Gasteiger partial charge on any atom is -0.389 e. The number of hydrogen-bond acceptors (Lipinski definition) is 4.